The Kier molecular flexibility index (Phi) is 10.1. The van der Waals surface area contributed by atoms with Crippen molar-refractivity contribution in [1.82, 2.24) is 0 Å². The van der Waals surface area contributed by atoms with Crippen LogP contribution in [0.5, 0.6) is 0 Å². The van der Waals surface area contributed by atoms with Crippen molar-refractivity contribution in [3.05, 3.63) is 144 Å². The molecule has 0 heterocycles. The van der Waals surface area contributed by atoms with Crippen LogP contribution in [0.25, 0.3) is 0 Å². The van der Waals surface area contributed by atoms with E-state index in [1.807, 2.05) is 0 Å². The fourth-order valence-corrected chi connectivity index (χ4v) is 7.91. The lowest BCUT2D eigenvalue weighted by Crippen LogP contribution is -3.14. The summed E-state index contributed by atoms with van der Waals surface area (Å²) in [6, 6.07) is 44.2. The van der Waals surface area contributed by atoms with E-state index in [4.69, 9.17) is 0 Å². The first-order valence-corrected chi connectivity index (χ1v) is 13.2. The van der Waals surface area contributed by atoms with E-state index in [-0.39, 0.29) is 40.3 Å². The number of halogens is 1. The van der Waals surface area contributed by atoms with Gasteiger partial charge in [-0.25, -0.2) is 0 Å². The summed E-state index contributed by atoms with van der Waals surface area (Å²) >= 11 is 0. The Bertz CT molecular complexity index is 1060. The number of hydrogen-bond acceptors (Lipinski definition) is 0. The van der Waals surface area contributed by atoms with Gasteiger partial charge < -0.3 is 28.9 Å². The van der Waals surface area contributed by atoms with Gasteiger partial charge in [0.25, 0.3) is 0 Å². The third kappa shape index (κ3) is 6.41. The lowest BCUT2D eigenvalue weighted by atomic mass is 9.73. The van der Waals surface area contributed by atoms with Gasteiger partial charge >= 0.3 is 0 Å². The number of quaternary nitrogens is 1. The minimum absolute atomic E-state index is 0. The standard InChI is InChI=1S/C31H35NP2.HI/c1-32(2)29(30(33,27-19-11-5-12-20-27)23-25-15-7-3-8-16-25)31(34,28-21-13-6-14-22-28)24-26-17-9-4-10-18-26;/h3-22,29H,23-24,33-34H2,1-2H3;1H. The second-order valence-electron chi connectivity index (χ2n) is 9.65. The number of benzene rings is 4. The Hall–Kier alpha value is -1.57. The molecule has 4 rings (SSSR count). The quantitative estimate of drug-likeness (QED) is 0.219. The molecule has 182 valence electrons. The minimum Gasteiger partial charge on any atom is -1.00 e. The van der Waals surface area contributed by atoms with Crippen molar-refractivity contribution in [2.75, 3.05) is 14.1 Å². The molecule has 4 aromatic rings. The number of nitrogens with one attached hydrogen (secondary N) is 1. The van der Waals surface area contributed by atoms with Gasteiger partial charge in [0.2, 0.25) is 0 Å². The molecule has 1 N–H and O–H groups in total. The van der Waals surface area contributed by atoms with Gasteiger partial charge in [-0.15, -0.1) is 18.5 Å². The van der Waals surface area contributed by atoms with Gasteiger partial charge in [0.05, 0.1) is 24.4 Å². The summed E-state index contributed by atoms with van der Waals surface area (Å²) < 4.78 is 0. The lowest BCUT2D eigenvalue weighted by molar-refractivity contribution is -0.892. The molecule has 0 saturated heterocycles. The van der Waals surface area contributed by atoms with Crippen molar-refractivity contribution in [1.29, 1.82) is 0 Å². The van der Waals surface area contributed by atoms with Crippen LogP contribution in [0.1, 0.15) is 22.3 Å². The molecule has 0 saturated carbocycles. The molecule has 0 amide bonds. The van der Waals surface area contributed by atoms with Crippen LogP contribution in [0, 0.1) is 0 Å². The van der Waals surface area contributed by atoms with Crippen molar-refractivity contribution < 1.29 is 28.9 Å². The van der Waals surface area contributed by atoms with Crippen LogP contribution in [0.2, 0.25) is 0 Å². The van der Waals surface area contributed by atoms with E-state index in [1.165, 1.54) is 27.2 Å². The van der Waals surface area contributed by atoms with Crippen LogP contribution < -0.4 is 28.9 Å². The molecule has 4 heteroatoms. The average Bonchev–Trinajstić information content (AvgIpc) is 2.86. The molecule has 4 atom stereocenters. The molecule has 0 aliphatic carbocycles. The second kappa shape index (κ2) is 12.6. The van der Waals surface area contributed by atoms with Gasteiger partial charge in [-0.3, -0.25) is 0 Å². The molecule has 0 aromatic heterocycles. The zero-order valence-corrected chi connectivity index (χ0v) is 25.0. The summed E-state index contributed by atoms with van der Waals surface area (Å²) in [5, 5.41) is -0.373. The first kappa shape index (κ1) is 28.0. The number of hydrogen-bond donors (Lipinski definition) is 1. The van der Waals surface area contributed by atoms with Gasteiger partial charge in [-0.05, 0) is 35.1 Å². The van der Waals surface area contributed by atoms with E-state index in [0.29, 0.717) is 0 Å². The normalized spacial score (nSPS) is 15.5. The van der Waals surface area contributed by atoms with Crippen LogP contribution in [0.15, 0.2) is 121 Å². The summed E-state index contributed by atoms with van der Waals surface area (Å²) in [6.45, 7) is 0. The van der Waals surface area contributed by atoms with Crippen molar-refractivity contribution in [2.24, 2.45) is 0 Å². The van der Waals surface area contributed by atoms with Gasteiger partial charge in [-0.1, -0.05) is 121 Å². The van der Waals surface area contributed by atoms with E-state index >= 15 is 0 Å². The Balaban J connectivity index is 0.00000342. The highest BCUT2D eigenvalue weighted by atomic mass is 127. The summed E-state index contributed by atoms with van der Waals surface area (Å²) in [6.07, 6.45) is 1.88. The highest BCUT2D eigenvalue weighted by Gasteiger charge is 2.52. The highest BCUT2D eigenvalue weighted by molar-refractivity contribution is 7.20. The first-order valence-electron chi connectivity index (χ1n) is 12.0. The molecular formula is C31H36INP2. The maximum Gasteiger partial charge on any atom is 0.114 e. The lowest BCUT2D eigenvalue weighted by Gasteiger charge is -2.49. The van der Waals surface area contributed by atoms with Crippen LogP contribution in [0.4, 0.5) is 0 Å². The van der Waals surface area contributed by atoms with E-state index in [9.17, 15) is 0 Å². The number of likely N-dealkylation sites (N-methyl/N-ethyl adjacent to an activating group) is 1. The number of rotatable bonds is 9. The average molecular weight is 611 g/mol. The van der Waals surface area contributed by atoms with E-state index < -0.39 is 0 Å². The zero-order chi connectivity index (χ0) is 24.0. The molecule has 4 aromatic carbocycles. The fraction of sp³-hybridized carbons (Fsp3) is 0.226. The molecule has 0 aliphatic rings. The second-order valence-corrected chi connectivity index (χ2v) is 11.7. The van der Waals surface area contributed by atoms with Crippen LogP contribution in [0.3, 0.4) is 0 Å². The fourth-order valence-electron chi connectivity index (χ4n) is 5.60. The van der Waals surface area contributed by atoms with Gasteiger partial charge in [0, 0.05) is 0 Å². The third-order valence-corrected chi connectivity index (χ3v) is 8.65. The summed E-state index contributed by atoms with van der Waals surface area (Å²) in [5.41, 5.74) is 5.41. The molecule has 0 radical (unpaired) electrons. The Morgan fingerprint density at radius 3 is 1.11 bits per heavy atom. The maximum absolute atomic E-state index is 3.33. The smallest absolute Gasteiger partial charge is 0.114 e. The zero-order valence-electron chi connectivity index (χ0n) is 20.6. The topological polar surface area (TPSA) is 4.44 Å². The van der Waals surface area contributed by atoms with Crippen molar-refractivity contribution >= 4 is 18.5 Å². The highest BCUT2D eigenvalue weighted by Crippen LogP contribution is 2.49. The van der Waals surface area contributed by atoms with Crippen LogP contribution in [-0.2, 0) is 23.2 Å². The molecule has 0 bridgehead atoms. The Morgan fingerprint density at radius 2 is 0.829 bits per heavy atom. The predicted molar refractivity (Wildman–Crippen MR) is 153 cm³/mol. The Morgan fingerprint density at radius 1 is 0.543 bits per heavy atom. The van der Waals surface area contributed by atoms with Crippen molar-refractivity contribution in [3.8, 4) is 0 Å². The van der Waals surface area contributed by atoms with Gasteiger partial charge in [-0.2, -0.15) is 0 Å². The SMILES string of the molecule is C[NH+](C)C(C(P)(Cc1ccccc1)c1ccccc1)C(P)(Cc1ccccc1)c1ccccc1.[I-]. The van der Waals surface area contributed by atoms with Crippen LogP contribution in [-0.4, -0.2) is 20.1 Å². The van der Waals surface area contributed by atoms with Crippen molar-refractivity contribution in [2.45, 2.75) is 29.2 Å². The summed E-state index contributed by atoms with van der Waals surface area (Å²) in [7, 11) is 11.3. The first-order chi connectivity index (χ1) is 16.4. The summed E-state index contributed by atoms with van der Waals surface area (Å²) in [5.74, 6) is 0. The van der Waals surface area contributed by atoms with E-state index in [2.05, 4.69) is 154 Å². The monoisotopic (exact) mass is 611 g/mol. The molecule has 0 spiro atoms. The Labute approximate surface area is 233 Å². The molecule has 1 nitrogen and oxygen atoms in total. The molecule has 4 unspecified atom stereocenters. The third-order valence-electron chi connectivity index (χ3n) is 6.91. The predicted octanol–water partition coefficient (Wildman–Crippen LogP) is 2.53. The largest absolute Gasteiger partial charge is 1.00 e. The van der Waals surface area contributed by atoms with E-state index in [0.717, 1.165) is 12.8 Å². The van der Waals surface area contributed by atoms with Gasteiger partial charge in [0.15, 0.2) is 0 Å². The van der Waals surface area contributed by atoms with Gasteiger partial charge in [0.1, 0.15) is 6.04 Å². The van der Waals surface area contributed by atoms with E-state index in [1.54, 1.807) is 0 Å². The summed E-state index contributed by atoms with van der Waals surface area (Å²) in [4.78, 5) is 1.43. The molecule has 0 fully saturated rings. The maximum atomic E-state index is 3.33. The molecule has 0 aliphatic heterocycles. The molecule has 35 heavy (non-hydrogen) atoms. The molecular weight excluding hydrogens is 575 g/mol. The van der Waals surface area contributed by atoms with Crippen molar-refractivity contribution in [3.63, 3.8) is 0 Å². The van der Waals surface area contributed by atoms with Crippen LogP contribution >= 0.6 is 18.5 Å². The minimum atomic E-state index is -0.187.